The van der Waals surface area contributed by atoms with Crippen LogP contribution in [-0.2, 0) is 4.74 Å². The van der Waals surface area contributed by atoms with Crippen LogP contribution in [0.1, 0.15) is 17.3 Å². The van der Waals surface area contributed by atoms with Crippen LogP contribution in [0.15, 0.2) is 48.5 Å². The van der Waals surface area contributed by atoms with Crippen molar-refractivity contribution in [1.29, 1.82) is 0 Å². The Balaban J connectivity index is 2.07. The van der Waals surface area contributed by atoms with E-state index < -0.39 is 11.7 Å². The molecule has 2 rings (SSSR count). The minimum absolute atomic E-state index is 0.136. The van der Waals surface area contributed by atoms with Gasteiger partial charge in [-0.2, -0.15) is 0 Å². The van der Waals surface area contributed by atoms with Crippen LogP contribution >= 0.6 is 0 Å². The highest BCUT2D eigenvalue weighted by Crippen LogP contribution is 2.20. The lowest BCUT2D eigenvalue weighted by Gasteiger charge is -2.12. The van der Waals surface area contributed by atoms with Crippen molar-refractivity contribution in [2.24, 2.45) is 0 Å². The van der Waals surface area contributed by atoms with E-state index in [2.05, 4.69) is 5.32 Å². The number of nitrogens with one attached hydrogen (secondary N) is 1. The topological polar surface area (TPSA) is 47.6 Å². The van der Waals surface area contributed by atoms with Crippen LogP contribution in [0.2, 0.25) is 0 Å². The van der Waals surface area contributed by atoms with Gasteiger partial charge in [-0.3, -0.25) is 4.79 Å². The lowest BCUT2D eigenvalue weighted by molar-refractivity contribution is 0.0997. The molecule has 0 aliphatic carbocycles. The van der Waals surface area contributed by atoms with E-state index in [-0.39, 0.29) is 5.69 Å². The van der Waals surface area contributed by atoms with E-state index in [1.165, 1.54) is 12.1 Å². The number of anilines is 1. The number of hydrogen-bond acceptors (Lipinski definition) is 3. The SMILES string of the molecule is CCOCCOc1ccccc1C(=O)Nc1ccccc1F. The molecule has 5 heteroatoms. The summed E-state index contributed by atoms with van der Waals surface area (Å²) < 4.78 is 24.3. The number of carbonyl (C=O) groups excluding carboxylic acids is 1. The molecule has 2 aromatic carbocycles. The molecule has 0 aliphatic heterocycles. The van der Waals surface area contributed by atoms with Crippen molar-refractivity contribution in [2.75, 3.05) is 25.1 Å². The van der Waals surface area contributed by atoms with Crippen molar-refractivity contribution in [3.05, 3.63) is 59.9 Å². The Bertz CT molecular complexity index is 631. The molecule has 0 heterocycles. The molecule has 22 heavy (non-hydrogen) atoms. The van der Waals surface area contributed by atoms with Crippen LogP contribution in [0.25, 0.3) is 0 Å². The highest BCUT2D eigenvalue weighted by atomic mass is 19.1. The van der Waals surface area contributed by atoms with Gasteiger partial charge in [0.2, 0.25) is 0 Å². The Kier molecular flexibility index (Phi) is 5.91. The molecule has 0 aliphatic rings. The maximum atomic E-state index is 13.6. The normalized spacial score (nSPS) is 10.3. The number of para-hydroxylation sites is 2. The molecule has 0 spiro atoms. The molecule has 0 aromatic heterocycles. The van der Waals surface area contributed by atoms with Gasteiger partial charge in [-0.05, 0) is 31.2 Å². The molecule has 0 bridgehead atoms. The standard InChI is InChI=1S/C17H18FNO3/c1-2-21-11-12-22-16-10-6-3-7-13(16)17(20)19-15-9-5-4-8-14(15)18/h3-10H,2,11-12H2,1H3,(H,19,20). The van der Waals surface area contributed by atoms with Crippen molar-refractivity contribution in [3.63, 3.8) is 0 Å². The fraction of sp³-hybridized carbons (Fsp3) is 0.235. The van der Waals surface area contributed by atoms with Gasteiger partial charge in [-0.15, -0.1) is 0 Å². The zero-order valence-electron chi connectivity index (χ0n) is 12.3. The van der Waals surface area contributed by atoms with Crippen molar-refractivity contribution >= 4 is 11.6 Å². The van der Waals surface area contributed by atoms with Crippen LogP contribution in [0.3, 0.4) is 0 Å². The van der Waals surface area contributed by atoms with Gasteiger partial charge in [0.15, 0.2) is 0 Å². The molecule has 0 unspecified atom stereocenters. The molecule has 0 radical (unpaired) electrons. The summed E-state index contributed by atoms with van der Waals surface area (Å²) in [7, 11) is 0. The molecule has 0 fully saturated rings. The predicted molar refractivity (Wildman–Crippen MR) is 82.8 cm³/mol. The fourth-order valence-electron chi connectivity index (χ4n) is 1.89. The van der Waals surface area contributed by atoms with Crippen LogP contribution in [0.5, 0.6) is 5.75 Å². The Morgan fingerprint density at radius 3 is 2.59 bits per heavy atom. The zero-order valence-corrected chi connectivity index (χ0v) is 12.3. The van der Waals surface area contributed by atoms with Gasteiger partial charge in [0.1, 0.15) is 18.2 Å². The van der Waals surface area contributed by atoms with E-state index in [9.17, 15) is 9.18 Å². The maximum absolute atomic E-state index is 13.6. The van der Waals surface area contributed by atoms with Gasteiger partial charge in [-0.1, -0.05) is 24.3 Å². The van der Waals surface area contributed by atoms with Crippen molar-refractivity contribution in [1.82, 2.24) is 0 Å². The zero-order chi connectivity index (χ0) is 15.8. The summed E-state index contributed by atoms with van der Waals surface area (Å²) in [6.45, 7) is 3.30. The fourth-order valence-corrected chi connectivity index (χ4v) is 1.89. The van der Waals surface area contributed by atoms with E-state index in [4.69, 9.17) is 9.47 Å². The molecule has 2 aromatic rings. The smallest absolute Gasteiger partial charge is 0.259 e. The van der Waals surface area contributed by atoms with Crippen molar-refractivity contribution in [2.45, 2.75) is 6.92 Å². The molecule has 0 saturated carbocycles. The average molecular weight is 303 g/mol. The summed E-state index contributed by atoms with van der Waals surface area (Å²) in [5.41, 5.74) is 0.485. The third-order valence-corrected chi connectivity index (χ3v) is 2.94. The number of carbonyl (C=O) groups is 1. The molecule has 0 atom stereocenters. The van der Waals surface area contributed by atoms with Crippen molar-refractivity contribution in [3.8, 4) is 5.75 Å². The third-order valence-electron chi connectivity index (χ3n) is 2.94. The Labute approximate surface area is 128 Å². The first kappa shape index (κ1) is 16.0. The first-order valence-corrected chi connectivity index (χ1v) is 7.08. The van der Waals surface area contributed by atoms with Gasteiger partial charge >= 0.3 is 0 Å². The van der Waals surface area contributed by atoms with E-state index >= 15 is 0 Å². The Hall–Kier alpha value is -2.40. The minimum Gasteiger partial charge on any atom is -0.490 e. The molecular weight excluding hydrogens is 285 g/mol. The summed E-state index contributed by atoms with van der Waals surface area (Å²) >= 11 is 0. The van der Waals surface area contributed by atoms with Crippen LogP contribution < -0.4 is 10.1 Å². The first-order valence-electron chi connectivity index (χ1n) is 7.08. The average Bonchev–Trinajstić information content (AvgIpc) is 2.54. The summed E-state index contributed by atoms with van der Waals surface area (Å²) in [5, 5.41) is 2.54. The summed E-state index contributed by atoms with van der Waals surface area (Å²) in [6.07, 6.45) is 0. The van der Waals surface area contributed by atoms with Crippen molar-refractivity contribution < 1.29 is 18.7 Å². The lowest BCUT2D eigenvalue weighted by Crippen LogP contribution is -2.15. The Morgan fingerprint density at radius 1 is 1.09 bits per heavy atom. The van der Waals surface area contributed by atoms with Gasteiger partial charge in [-0.25, -0.2) is 4.39 Å². The number of ether oxygens (including phenoxy) is 2. The second-order valence-electron chi connectivity index (χ2n) is 4.48. The van der Waals surface area contributed by atoms with E-state index in [0.29, 0.717) is 31.1 Å². The summed E-state index contributed by atoms with van der Waals surface area (Å²) in [5.74, 6) is -0.459. The molecule has 1 N–H and O–H groups in total. The third kappa shape index (κ3) is 4.30. The molecule has 1 amide bonds. The summed E-state index contributed by atoms with van der Waals surface area (Å²) in [6, 6.07) is 12.8. The minimum atomic E-state index is -0.481. The van der Waals surface area contributed by atoms with E-state index in [1.54, 1.807) is 36.4 Å². The molecule has 116 valence electrons. The second-order valence-corrected chi connectivity index (χ2v) is 4.48. The van der Waals surface area contributed by atoms with Gasteiger partial charge < -0.3 is 14.8 Å². The molecular formula is C17H18FNO3. The number of halogens is 1. The highest BCUT2D eigenvalue weighted by Gasteiger charge is 2.13. The Morgan fingerprint density at radius 2 is 1.82 bits per heavy atom. The number of rotatable bonds is 7. The van der Waals surface area contributed by atoms with Gasteiger partial charge in [0.05, 0.1) is 17.9 Å². The van der Waals surface area contributed by atoms with Crippen LogP contribution in [0.4, 0.5) is 10.1 Å². The monoisotopic (exact) mass is 303 g/mol. The number of benzene rings is 2. The summed E-state index contributed by atoms with van der Waals surface area (Å²) in [4.78, 5) is 12.3. The number of amides is 1. The first-order chi connectivity index (χ1) is 10.7. The van der Waals surface area contributed by atoms with Gasteiger partial charge in [0.25, 0.3) is 5.91 Å². The second kappa shape index (κ2) is 8.14. The molecule has 0 saturated heterocycles. The van der Waals surface area contributed by atoms with E-state index in [0.717, 1.165) is 0 Å². The number of hydrogen-bond donors (Lipinski definition) is 1. The predicted octanol–water partition coefficient (Wildman–Crippen LogP) is 3.49. The lowest BCUT2D eigenvalue weighted by atomic mass is 10.2. The van der Waals surface area contributed by atoms with E-state index in [1.807, 2.05) is 6.92 Å². The van der Waals surface area contributed by atoms with Crippen LogP contribution in [-0.4, -0.2) is 25.7 Å². The maximum Gasteiger partial charge on any atom is 0.259 e. The van der Waals surface area contributed by atoms with Gasteiger partial charge in [0, 0.05) is 6.61 Å². The molecule has 4 nitrogen and oxygen atoms in total. The quantitative estimate of drug-likeness (QED) is 0.796. The van der Waals surface area contributed by atoms with Crippen LogP contribution in [0, 0.1) is 5.82 Å². The largest absolute Gasteiger partial charge is 0.490 e. The highest BCUT2D eigenvalue weighted by molar-refractivity contribution is 6.06.